The minimum Gasteiger partial charge on any atom is -0.351 e. The highest BCUT2D eigenvalue weighted by Gasteiger charge is 2.16. The van der Waals surface area contributed by atoms with Crippen LogP contribution < -0.4 is 10.6 Å². The molecule has 1 rings (SSSR count). The summed E-state index contributed by atoms with van der Waals surface area (Å²) in [5.74, 6) is -1.31. The van der Waals surface area contributed by atoms with Crippen LogP contribution in [0.25, 0.3) is 0 Å². The molecule has 110 valence electrons. The SMILES string of the molecule is CC(C)(C)NC(=O)CCNC(=O)c1c(F)cccc1Br. The van der Waals surface area contributed by atoms with E-state index in [1.54, 1.807) is 6.07 Å². The molecule has 0 bridgehead atoms. The van der Waals surface area contributed by atoms with Crippen LogP contribution in [0.4, 0.5) is 4.39 Å². The fourth-order valence-electron chi connectivity index (χ4n) is 1.57. The maximum atomic E-state index is 13.5. The Morgan fingerprint density at radius 2 is 1.95 bits per heavy atom. The molecule has 0 unspecified atom stereocenters. The molecule has 4 nitrogen and oxygen atoms in total. The lowest BCUT2D eigenvalue weighted by molar-refractivity contribution is -0.122. The third kappa shape index (κ3) is 5.28. The van der Waals surface area contributed by atoms with E-state index in [0.717, 1.165) is 0 Å². The number of hydrogen-bond donors (Lipinski definition) is 2. The van der Waals surface area contributed by atoms with Crippen LogP contribution in [0, 0.1) is 5.82 Å². The van der Waals surface area contributed by atoms with E-state index in [9.17, 15) is 14.0 Å². The summed E-state index contributed by atoms with van der Waals surface area (Å²) < 4.78 is 13.9. The van der Waals surface area contributed by atoms with Gasteiger partial charge in [0.15, 0.2) is 0 Å². The minimum atomic E-state index is -0.601. The quantitative estimate of drug-likeness (QED) is 0.881. The second-order valence-electron chi connectivity index (χ2n) is 5.40. The standard InChI is InChI=1S/C14H18BrFN2O2/c1-14(2,3)18-11(19)7-8-17-13(20)12-9(15)5-4-6-10(12)16/h4-6H,7-8H2,1-3H3,(H,17,20)(H,18,19). The van der Waals surface area contributed by atoms with Crippen molar-refractivity contribution in [1.29, 1.82) is 0 Å². The van der Waals surface area contributed by atoms with Gasteiger partial charge in [-0.3, -0.25) is 9.59 Å². The number of amides is 2. The number of halogens is 2. The zero-order valence-electron chi connectivity index (χ0n) is 11.7. The Morgan fingerprint density at radius 1 is 1.30 bits per heavy atom. The number of rotatable bonds is 4. The predicted molar refractivity (Wildman–Crippen MR) is 78.9 cm³/mol. The van der Waals surface area contributed by atoms with Crippen LogP contribution in [-0.2, 0) is 4.79 Å². The zero-order valence-corrected chi connectivity index (χ0v) is 13.3. The number of carbonyl (C=O) groups is 2. The van der Waals surface area contributed by atoms with Gasteiger partial charge in [0.1, 0.15) is 5.82 Å². The molecule has 0 saturated carbocycles. The number of nitrogens with one attached hydrogen (secondary N) is 2. The highest BCUT2D eigenvalue weighted by Crippen LogP contribution is 2.19. The Kier molecular flexibility index (Phi) is 5.68. The van der Waals surface area contributed by atoms with E-state index in [0.29, 0.717) is 4.47 Å². The molecule has 0 aromatic heterocycles. The molecule has 0 fully saturated rings. The van der Waals surface area contributed by atoms with E-state index in [1.165, 1.54) is 12.1 Å². The molecule has 0 atom stereocenters. The third-order valence-corrected chi connectivity index (χ3v) is 3.00. The first-order chi connectivity index (χ1) is 9.20. The molecule has 0 aliphatic heterocycles. The van der Waals surface area contributed by atoms with Gasteiger partial charge in [0.2, 0.25) is 5.91 Å². The summed E-state index contributed by atoms with van der Waals surface area (Å²) in [7, 11) is 0. The van der Waals surface area contributed by atoms with Gasteiger partial charge in [0, 0.05) is 23.0 Å². The topological polar surface area (TPSA) is 58.2 Å². The highest BCUT2D eigenvalue weighted by molar-refractivity contribution is 9.10. The lowest BCUT2D eigenvalue weighted by Gasteiger charge is -2.20. The summed E-state index contributed by atoms with van der Waals surface area (Å²) in [5.41, 5.74) is -0.362. The normalized spacial score (nSPS) is 11.1. The number of benzene rings is 1. The second-order valence-corrected chi connectivity index (χ2v) is 6.26. The molecule has 2 N–H and O–H groups in total. The Morgan fingerprint density at radius 3 is 2.50 bits per heavy atom. The highest BCUT2D eigenvalue weighted by atomic mass is 79.9. The molecule has 2 amide bonds. The van der Waals surface area contributed by atoms with Crippen LogP contribution in [0.5, 0.6) is 0 Å². The van der Waals surface area contributed by atoms with E-state index < -0.39 is 11.7 Å². The molecule has 20 heavy (non-hydrogen) atoms. The fourth-order valence-corrected chi connectivity index (χ4v) is 2.10. The Hall–Kier alpha value is -1.43. The smallest absolute Gasteiger partial charge is 0.255 e. The van der Waals surface area contributed by atoms with Gasteiger partial charge in [-0.25, -0.2) is 4.39 Å². The molecule has 0 heterocycles. The van der Waals surface area contributed by atoms with E-state index >= 15 is 0 Å². The van der Waals surface area contributed by atoms with E-state index in [1.807, 2.05) is 20.8 Å². The van der Waals surface area contributed by atoms with Crippen molar-refractivity contribution in [2.24, 2.45) is 0 Å². The second kappa shape index (κ2) is 6.83. The van der Waals surface area contributed by atoms with Crippen molar-refractivity contribution in [1.82, 2.24) is 10.6 Å². The molecule has 1 aromatic carbocycles. The van der Waals surface area contributed by atoms with E-state index in [4.69, 9.17) is 0 Å². The number of carbonyl (C=O) groups excluding carboxylic acids is 2. The average molecular weight is 345 g/mol. The van der Waals surface area contributed by atoms with Crippen LogP contribution in [0.15, 0.2) is 22.7 Å². The molecule has 0 radical (unpaired) electrons. The lowest BCUT2D eigenvalue weighted by atomic mass is 10.1. The van der Waals surface area contributed by atoms with Crippen LogP contribution in [0.1, 0.15) is 37.6 Å². The van der Waals surface area contributed by atoms with Gasteiger partial charge in [-0.05, 0) is 48.8 Å². The summed E-state index contributed by atoms with van der Waals surface area (Å²) in [5, 5.41) is 5.31. The first kappa shape index (κ1) is 16.6. The first-order valence-corrected chi connectivity index (χ1v) is 7.03. The molecular formula is C14H18BrFN2O2. The lowest BCUT2D eigenvalue weighted by Crippen LogP contribution is -2.42. The van der Waals surface area contributed by atoms with Crippen LogP contribution in [0.3, 0.4) is 0 Å². The summed E-state index contributed by atoms with van der Waals surface area (Å²) in [6.07, 6.45) is 0.148. The largest absolute Gasteiger partial charge is 0.351 e. The monoisotopic (exact) mass is 344 g/mol. The molecule has 0 spiro atoms. The van der Waals surface area contributed by atoms with Crippen LogP contribution in [0.2, 0.25) is 0 Å². The Bertz CT molecular complexity index is 492. The maximum absolute atomic E-state index is 13.5. The van der Waals surface area contributed by atoms with Crippen molar-refractivity contribution >= 4 is 27.7 Å². The van der Waals surface area contributed by atoms with Gasteiger partial charge in [-0.15, -0.1) is 0 Å². The van der Waals surface area contributed by atoms with Gasteiger partial charge in [0.05, 0.1) is 5.56 Å². The van der Waals surface area contributed by atoms with Crippen molar-refractivity contribution in [2.75, 3.05) is 6.54 Å². The van der Waals surface area contributed by atoms with E-state index in [2.05, 4.69) is 26.6 Å². The Balaban J connectivity index is 2.51. The third-order valence-electron chi connectivity index (χ3n) is 2.34. The van der Waals surface area contributed by atoms with Crippen molar-refractivity contribution in [3.8, 4) is 0 Å². The number of hydrogen-bond acceptors (Lipinski definition) is 2. The zero-order chi connectivity index (χ0) is 15.3. The fraction of sp³-hybridized carbons (Fsp3) is 0.429. The van der Waals surface area contributed by atoms with Gasteiger partial charge >= 0.3 is 0 Å². The average Bonchev–Trinajstić information content (AvgIpc) is 2.26. The van der Waals surface area contributed by atoms with Crippen LogP contribution in [-0.4, -0.2) is 23.9 Å². The summed E-state index contributed by atoms with van der Waals surface area (Å²) in [4.78, 5) is 23.4. The van der Waals surface area contributed by atoms with E-state index in [-0.39, 0.29) is 30.0 Å². The minimum absolute atomic E-state index is 0.0521. The molecule has 0 saturated heterocycles. The molecule has 0 aliphatic carbocycles. The summed E-state index contributed by atoms with van der Waals surface area (Å²) >= 11 is 3.13. The molecular weight excluding hydrogens is 327 g/mol. The summed E-state index contributed by atoms with van der Waals surface area (Å²) in [6.45, 7) is 5.78. The van der Waals surface area contributed by atoms with Crippen molar-refractivity contribution in [2.45, 2.75) is 32.7 Å². The molecule has 1 aromatic rings. The van der Waals surface area contributed by atoms with Crippen LogP contribution >= 0.6 is 15.9 Å². The van der Waals surface area contributed by atoms with Gasteiger partial charge in [-0.2, -0.15) is 0 Å². The Labute approximate surface area is 126 Å². The van der Waals surface area contributed by atoms with Gasteiger partial charge < -0.3 is 10.6 Å². The first-order valence-electron chi connectivity index (χ1n) is 6.24. The molecule has 0 aliphatic rings. The van der Waals surface area contributed by atoms with Gasteiger partial charge in [0.25, 0.3) is 5.91 Å². The summed E-state index contributed by atoms with van der Waals surface area (Å²) in [6, 6.07) is 4.31. The maximum Gasteiger partial charge on any atom is 0.255 e. The van der Waals surface area contributed by atoms with Crippen molar-refractivity contribution in [3.05, 3.63) is 34.1 Å². The van der Waals surface area contributed by atoms with Crippen molar-refractivity contribution in [3.63, 3.8) is 0 Å². The predicted octanol–water partition coefficient (Wildman–Crippen LogP) is 2.62. The van der Waals surface area contributed by atoms with Crippen molar-refractivity contribution < 1.29 is 14.0 Å². The molecule has 6 heteroatoms. The van der Waals surface area contributed by atoms with Gasteiger partial charge in [-0.1, -0.05) is 6.07 Å².